The molecule has 2 aromatic rings. The molecule has 0 aromatic heterocycles. The molecular formula is C25H33N5O2. The maximum absolute atomic E-state index is 12.1. The van der Waals surface area contributed by atoms with E-state index in [4.69, 9.17) is 4.74 Å². The summed E-state index contributed by atoms with van der Waals surface area (Å²) < 4.78 is 5.33. The topological polar surface area (TPSA) is 78.0 Å². The molecule has 2 aromatic carbocycles. The van der Waals surface area contributed by atoms with Crippen LogP contribution in [0.1, 0.15) is 42.3 Å². The standard InChI is InChI=1S/C25H33N5O2/c1-26-25(27-16-19-15-24(31)29-22-8-4-3-7-21(19)22)28-17-23(30-13-5-6-14-30)18-9-11-20(32-2)12-10-18/h3-4,7-12,19,23H,5-6,13-17H2,1-2H3,(H,29,31)(H2,26,27,28). The molecule has 0 aliphatic carbocycles. The largest absolute Gasteiger partial charge is 0.497 e. The average Bonchev–Trinajstić information content (AvgIpc) is 3.36. The molecule has 1 fully saturated rings. The quantitative estimate of drug-likeness (QED) is 0.460. The summed E-state index contributed by atoms with van der Waals surface area (Å²) in [4.78, 5) is 19.1. The van der Waals surface area contributed by atoms with Gasteiger partial charge in [-0.2, -0.15) is 0 Å². The Labute approximate surface area is 190 Å². The molecule has 3 N–H and O–H groups in total. The molecule has 1 saturated heterocycles. The second-order valence-corrected chi connectivity index (χ2v) is 8.40. The van der Waals surface area contributed by atoms with Gasteiger partial charge in [-0.1, -0.05) is 30.3 Å². The number of ether oxygens (including phenoxy) is 1. The van der Waals surface area contributed by atoms with Gasteiger partial charge in [0.2, 0.25) is 5.91 Å². The van der Waals surface area contributed by atoms with E-state index >= 15 is 0 Å². The Morgan fingerprint density at radius 1 is 1.16 bits per heavy atom. The molecule has 0 saturated carbocycles. The zero-order valence-electron chi connectivity index (χ0n) is 18.9. The number of amides is 1. The number of anilines is 1. The van der Waals surface area contributed by atoms with E-state index < -0.39 is 0 Å². The molecule has 2 heterocycles. The van der Waals surface area contributed by atoms with Gasteiger partial charge in [-0.05, 0) is 55.3 Å². The molecule has 170 valence electrons. The van der Waals surface area contributed by atoms with Gasteiger partial charge >= 0.3 is 0 Å². The van der Waals surface area contributed by atoms with Crippen LogP contribution in [0.5, 0.6) is 5.75 Å². The van der Waals surface area contributed by atoms with Gasteiger partial charge in [0.15, 0.2) is 5.96 Å². The number of likely N-dealkylation sites (tertiary alicyclic amines) is 1. The van der Waals surface area contributed by atoms with Gasteiger partial charge in [0.05, 0.1) is 13.2 Å². The van der Waals surface area contributed by atoms with Crippen molar-refractivity contribution >= 4 is 17.6 Å². The molecule has 2 aliphatic rings. The lowest BCUT2D eigenvalue weighted by molar-refractivity contribution is -0.116. The van der Waals surface area contributed by atoms with Crippen molar-refractivity contribution in [2.75, 3.05) is 45.7 Å². The van der Waals surface area contributed by atoms with Crippen LogP contribution in [0.4, 0.5) is 5.69 Å². The minimum Gasteiger partial charge on any atom is -0.497 e. The number of carbonyl (C=O) groups is 1. The van der Waals surface area contributed by atoms with Crippen LogP contribution in [0.25, 0.3) is 0 Å². The van der Waals surface area contributed by atoms with Crippen LogP contribution < -0.4 is 20.7 Å². The maximum atomic E-state index is 12.1. The lowest BCUT2D eigenvalue weighted by Gasteiger charge is -2.30. The number of fused-ring (bicyclic) bond motifs is 1. The summed E-state index contributed by atoms with van der Waals surface area (Å²) in [6.45, 7) is 3.63. The van der Waals surface area contributed by atoms with Crippen LogP contribution in [-0.2, 0) is 4.79 Å². The van der Waals surface area contributed by atoms with E-state index in [9.17, 15) is 4.79 Å². The summed E-state index contributed by atoms with van der Waals surface area (Å²) in [7, 11) is 3.48. The highest BCUT2D eigenvalue weighted by molar-refractivity contribution is 5.94. The molecule has 0 bridgehead atoms. The molecule has 0 radical (unpaired) electrons. The third-order valence-electron chi connectivity index (χ3n) is 6.39. The normalized spacial score (nSPS) is 19.8. The smallest absolute Gasteiger partial charge is 0.225 e. The first-order chi connectivity index (χ1) is 15.7. The third kappa shape index (κ3) is 5.22. The minimum absolute atomic E-state index is 0.0621. The first-order valence-electron chi connectivity index (χ1n) is 11.4. The second-order valence-electron chi connectivity index (χ2n) is 8.40. The fourth-order valence-electron chi connectivity index (χ4n) is 4.65. The number of carbonyl (C=O) groups excluding carboxylic acids is 1. The average molecular weight is 436 g/mol. The van der Waals surface area contributed by atoms with E-state index in [-0.39, 0.29) is 17.9 Å². The number of hydrogen-bond acceptors (Lipinski definition) is 4. The Hall–Kier alpha value is -3.06. The Bertz CT molecular complexity index is 938. The van der Waals surface area contributed by atoms with E-state index in [0.29, 0.717) is 13.0 Å². The Kier molecular flexibility index (Phi) is 7.27. The SMILES string of the molecule is CN=C(NCC1CC(=O)Nc2ccccc21)NCC(c1ccc(OC)cc1)N1CCCC1. The van der Waals surface area contributed by atoms with E-state index in [1.807, 2.05) is 30.3 Å². The van der Waals surface area contributed by atoms with Crippen LogP contribution in [-0.4, -0.2) is 57.1 Å². The molecule has 0 spiro atoms. The van der Waals surface area contributed by atoms with Crippen molar-refractivity contribution in [2.24, 2.45) is 4.99 Å². The van der Waals surface area contributed by atoms with E-state index in [1.54, 1.807) is 14.2 Å². The number of nitrogens with one attached hydrogen (secondary N) is 3. The number of rotatable bonds is 7. The Morgan fingerprint density at radius 2 is 1.91 bits per heavy atom. The van der Waals surface area contributed by atoms with Gasteiger partial charge in [-0.15, -0.1) is 0 Å². The zero-order valence-corrected chi connectivity index (χ0v) is 18.9. The highest BCUT2D eigenvalue weighted by atomic mass is 16.5. The lowest BCUT2D eigenvalue weighted by Crippen LogP contribution is -2.44. The molecule has 32 heavy (non-hydrogen) atoms. The first-order valence-corrected chi connectivity index (χ1v) is 11.4. The summed E-state index contributed by atoms with van der Waals surface area (Å²) in [6.07, 6.45) is 2.95. The number of aliphatic imine (C=N–C) groups is 1. The molecule has 7 heteroatoms. The molecule has 2 aliphatic heterocycles. The molecule has 2 atom stereocenters. The lowest BCUT2D eigenvalue weighted by atomic mass is 9.90. The number of guanidine groups is 1. The van der Waals surface area contributed by atoms with Crippen LogP contribution in [0.15, 0.2) is 53.5 Å². The predicted octanol–water partition coefficient (Wildman–Crippen LogP) is 3.12. The van der Waals surface area contributed by atoms with E-state index in [1.165, 1.54) is 24.0 Å². The summed E-state index contributed by atoms with van der Waals surface area (Å²) in [5.41, 5.74) is 3.35. The van der Waals surface area contributed by atoms with Crippen molar-refractivity contribution in [3.63, 3.8) is 0 Å². The van der Waals surface area contributed by atoms with Crippen molar-refractivity contribution < 1.29 is 9.53 Å². The number of hydrogen-bond donors (Lipinski definition) is 3. The van der Waals surface area contributed by atoms with Crippen LogP contribution in [0.2, 0.25) is 0 Å². The second kappa shape index (κ2) is 10.5. The summed E-state index contributed by atoms with van der Waals surface area (Å²) in [5.74, 6) is 1.81. The van der Waals surface area contributed by atoms with Crippen molar-refractivity contribution in [1.82, 2.24) is 15.5 Å². The molecular weight excluding hydrogens is 402 g/mol. The van der Waals surface area contributed by atoms with Crippen molar-refractivity contribution in [1.29, 1.82) is 0 Å². The number of para-hydroxylation sites is 1. The highest BCUT2D eigenvalue weighted by Crippen LogP contribution is 2.31. The van der Waals surface area contributed by atoms with Gasteiger partial charge < -0.3 is 20.7 Å². The van der Waals surface area contributed by atoms with Crippen molar-refractivity contribution in [3.8, 4) is 5.75 Å². The monoisotopic (exact) mass is 435 g/mol. The van der Waals surface area contributed by atoms with Crippen molar-refractivity contribution in [2.45, 2.75) is 31.2 Å². The van der Waals surface area contributed by atoms with Crippen molar-refractivity contribution in [3.05, 3.63) is 59.7 Å². The Balaban J connectivity index is 1.39. The van der Waals surface area contributed by atoms with Crippen LogP contribution in [0.3, 0.4) is 0 Å². The summed E-state index contributed by atoms with van der Waals surface area (Å²) in [5, 5.41) is 9.91. The maximum Gasteiger partial charge on any atom is 0.225 e. The number of methoxy groups -OCH3 is 1. The molecule has 7 nitrogen and oxygen atoms in total. The minimum atomic E-state index is 0.0621. The van der Waals surface area contributed by atoms with E-state index in [2.05, 4.69) is 44.0 Å². The summed E-state index contributed by atoms with van der Waals surface area (Å²) >= 11 is 0. The van der Waals surface area contributed by atoms with Crippen LogP contribution >= 0.6 is 0 Å². The van der Waals surface area contributed by atoms with Gasteiger partial charge in [0.25, 0.3) is 0 Å². The summed E-state index contributed by atoms with van der Waals surface area (Å²) in [6, 6.07) is 16.6. The Morgan fingerprint density at radius 3 is 2.62 bits per heavy atom. The van der Waals surface area contributed by atoms with Gasteiger partial charge in [0.1, 0.15) is 5.75 Å². The van der Waals surface area contributed by atoms with E-state index in [0.717, 1.165) is 37.0 Å². The third-order valence-corrected chi connectivity index (χ3v) is 6.39. The fourth-order valence-corrected chi connectivity index (χ4v) is 4.65. The predicted molar refractivity (Wildman–Crippen MR) is 128 cm³/mol. The first kappa shape index (κ1) is 22.1. The zero-order chi connectivity index (χ0) is 22.3. The van der Waals surface area contributed by atoms with Gasteiger partial charge in [0, 0.05) is 38.2 Å². The van der Waals surface area contributed by atoms with Gasteiger partial charge in [-0.3, -0.25) is 14.7 Å². The fraction of sp³-hybridized carbons (Fsp3) is 0.440. The molecule has 1 amide bonds. The van der Waals surface area contributed by atoms with Crippen LogP contribution in [0, 0.1) is 0 Å². The number of nitrogens with zero attached hydrogens (tertiary/aromatic N) is 2. The molecule has 2 unspecified atom stereocenters. The van der Waals surface area contributed by atoms with Gasteiger partial charge in [-0.25, -0.2) is 0 Å². The highest BCUT2D eigenvalue weighted by Gasteiger charge is 2.26. The number of benzene rings is 2. The molecule has 4 rings (SSSR count).